The van der Waals surface area contributed by atoms with Gasteiger partial charge < -0.3 is 10.5 Å². The van der Waals surface area contributed by atoms with Gasteiger partial charge in [-0.05, 0) is 37.0 Å². The highest BCUT2D eigenvalue weighted by Crippen LogP contribution is 2.47. The molecule has 3 atom stereocenters. The number of ether oxygens (including phenoxy) is 1. The van der Waals surface area contributed by atoms with Gasteiger partial charge >= 0.3 is 0 Å². The monoisotopic (exact) mass is 199 g/mol. The summed E-state index contributed by atoms with van der Waals surface area (Å²) in [7, 11) is 1.79. The first-order valence-corrected chi connectivity index (χ1v) is 5.57. The molecule has 0 radical (unpaired) electrons. The lowest BCUT2D eigenvalue weighted by atomic mass is 9.61. The first-order valence-electron chi connectivity index (χ1n) is 5.57. The highest BCUT2D eigenvalue weighted by molar-refractivity contribution is 4.95. The molecule has 0 spiro atoms. The third kappa shape index (κ3) is 2.48. The Hall–Kier alpha value is -0.0800. The van der Waals surface area contributed by atoms with Gasteiger partial charge in [-0.15, -0.1) is 0 Å². The molecule has 2 nitrogen and oxygen atoms in total. The van der Waals surface area contributed by atoms with Crippen LogP contribution in [0.5, 0.6) is 0 Å². The fraction of sp³-hybridized carbons (Fsp3) is 1.00. The molecule has 0 saturated heterocycles. The van der Waals surface area contributed by atoms with Crippen LogP contribution in [0.2, 0.25) is 0 Å². The quantitative estimate of drug-likeness (QED) is 0.742. The van der Waals surface area contributed by atoms with Crippen molar-refractivity contribution in [3.05, 3.63) is 0 Å². The van der Waals surface area contributed by atoms with Gasteiger partial charge in [-0.2, -0.15) is 0 Å². The van der Waals surface area contributed by atoms with E-state index in [9.17, 15) is 0 Å². The van der Waals surface area contributed by atoms with E-state index in [4.69, 9.17) is 10.5 Å². The van der Waals surface area contributed by atoms with Crippen LogP contribution in [0.25, 0.3) is 0 Å². The van der Waals surface area contributed by atoms with Crippen LogP contribution < -0.4 is 5.73 Å². The van der Waals surface area contributed by atoms with Gasteiger partial charge in [0, 0.05) is 13.2 Å². The second kappa shape index (κ2) is 3.82. The minimum absolute atomic E-state index is 0.246. The smallest absolute Gasteiger partial charge is 0.0597 e. The molecule has 14 heavy (non-hydrogen) atoms. The largest absolute Gasteiger partial charge is 0.381 e. The molecule has 1 rings (SSSR count). The van der Waals surface area contributed by atoms with E-state index in [2.05, 4.69) is 27.7 Å². The molecule has 0 aromatic carbocycles. The maximum Gasteiger partial charge on any atom is 0.0597 e. The molecule has 84 valence electrons. The van der Waals surface area contributed by atoms with Crippen molar-refractivity contribution in [1.82, 2.24) is 0 Å². The van der Waals surface area contributed by atoms with E-state index in [1.807, 2.05) is 0 Å². The van der Waals surface area contributed by atoms with Crippen molar-refractivity contribution < 1.29 is 4.74 Å². The summed E-state index contributed by atoms with van der Waals surface area (Å²) in [4.78, 5) is 0. The Morgan fingerprint density at radius 1 is 1.29 bits per heavy atom. The normalized spacial score (nSPS) is 39.4. The van der Waals surface area contributed by atoms with Gasteiger partial charge in [0.25, 0.3) is 0 Å². The number of hydrogen-bond acceptors (Lipinski definition) is 2. The molecular weight excluding hydrogens is 174 g/mol. The van der Waals surface area contributed by atoms with Crippen LogP contribution in [0.3, 0.4) is 0 Å². The number of methoxy groups -OCH3 is 1. The van der Waals surface area contributed by atoms with Crippen LogP contribution in [0.1, 0.15) is 47.0 Å². The fourth-order valence-corrected chi connectivity index (χ4v) is 3.21. The summed E-state index contributed by atoms with van der Waals surface area (Å²) >= 11 is 0. The highest BCUT2D eigenvalue weighted by Gasteiger charge is 2.43. The maximum atomic E-state index is 6.12. The molecule has 0 aromatic heterocycles. The average molecular weight is 199 g/mol. The van der Waals surface area contributed by atoms with E-state index < -0.39 is 0 Å². The lowest BCUT2D eigenvalue weighted by molar-refractivity contribution is -0.0466. The Morgan fingerprint density at radius 2 is 1.86 bits per heavy atom. The summed E-state index contributed by atoms with van der Waals surface area (Å²) in [5, 5.41) is 0. The minimum Gasteiger partial charge on any atom is -0.381 e. The standard InChI is InChI=1S/C12H25NO/c1-9(14-5)12(4)7-10(13)6-11(2,3)8-12/h9-10H,6-8,13H2,1-5H3. The molecule has 3 unspecified atom stereocenters. The summed E-state index contributed by atoms with van der Waals surface area (Å²) < 4.78 is 5.48. The third-order valence-electron chi connectivity index (χ3n) is 3.76. The van der Waals surface area contributed by atoms with E-state index in [-0.39, 0.29) is 5.41 Å². The van der Waals surface area contributed by atoms with Crippen molar-refractivity contribution >= 4 is 0 Å². The topological polar surface area (TPSA) is 35.2 Å². The van der Waals surface area contributed by atoms with Crippen molar-refractivity contribution in [2.24, 2.45) is 16.6 Å². The molecule has 2 N–H and O–H groups in total. The molecular formula is C12H25NO. The fourth-order valence-electron chi connectivity index (χ4n) is 3.21. The van der Waals surface area contributed by atoms with Crippen molar-refractivity contribution in [1.29, 1.82) is 0 Å². The van der Waals surface area contributed by atoms with Crippen LogP contribution in [-0.4, -0.2) is 19.3 Å². The van der Waals surface area contributed by atoms with Gasteiger partial charge in [0.15, 0.2) is 0 Å². The Bertz CT molecular complexity index is 202. The second-order valence-corrected chi connectivity index (χ2v) is 6.04. The summed E-state index contributed by atoms with van der Waals surface area (Å²) in [5.41, 5.74) is 6.73. The number of rotatable bonds is 2. The van der Waals surface area contributed by atoms with E-state index in [1.165, 1.54) is 6.42 Å². The Labute approximate surface area is 88.2 Å². The molecule has 0 bridgehead atoms. The van der Waals surface area contributed by atoms with Crippen molar-refractivity contribution in [3.63, 3.8) is 0 Å². The van der Waals surface area contributed by atoms with Gasteiger partial charge in [-0.25, -0.2) is 0 Å². The first-order chi connectivity index (χ1) is 6.29. The van der Waals surface area contributed by atoms with Gasteiger partial charge in [0.05, 0.1) is 6.10 Å². The zero-order valence-electron chi connectivity index (χ0n) is 10.3. The summed E-state index contributed by atoms with van der Waals surface area (Å²) in [5.74, 6) is 0. The average Bonchev–Trinajstić information content (AvgIpc) is 1.98. The van der Waals surface area contributed by atoms with Gasteiger partial charge in [-0.1, -0.05) is 20.8 Å². The molecule has 1 aliphatic carbocycles. The van der Waals surface area contributed by atoms with Crippen LogP contribution >= 0.6 is 0 Å². The lowest BCUT2D eigenvalue weighted by Crippen LogP contribution is -2.47. The van der Waals surface area contributed by atoms with Crippen molar-refractivity contribution in [2.75, 3.05) is 7.11 Å². The number of nitrogens with two attached hydrogens (primary N) is 1. The van der Waals surface area contributed by atoms with E-state index in [0.717, 1.165) is 12.8 Å². The van der Waals surface area contributed by atoms with Crippen LogP contribution in [-0.2, 0) is 4.74 Å². The summed E-state index contributed by atoms with van der Waals surface area (Å²) in [6.45, 7) is 9.09. The van der Waals surface area contributed by atoms with Crippen molar-refractivity contribution in [3.8, 4) is 0 Å². The van der Waals surface area contributed by atoms with Crippen LogP contribution in [0.4, 0.5) is 0 Å². The second-order valence-electron chi connectivity index (χ2n) is 6.04. The Kier molecular flexibility index (Phi) is 3.27. The van der Waals surface area contributed by atoms with Gasteiger partial charge in [0.1, 0.15) is 0 Å². The Balaban J connectivity index is 2.78. The maximum absolute atomic E-state index is 6.12. The molecule has 0 amide bonds. The predicted octanol–water partition coefficient (Wildman–Crippen LogP) is 2.57. The minimum atomic E-state index is 0.246. The van der Waals surface area contributed by atoms with Crippen molar-refractivity contribution in [2.45, 2.75) is 59.1 Å². The van der Waals surface area contributed by atoms with E-state index >= 15 is 0 Å². The van der Waals surface area contributed by atoms with E-state index in [1.54, 1.807) is 7.11 Å². The molecule has 0 heterocycles. The predicted molar refractivity (Wildman–Crippen MR) is 60.2 cm³/mol. The first kappa shape index (κ1) is 12.0. The summed E-state index contributed by atoms with van der Waals surface area (Å²) in [6.07, 6.45) is 3.74. The molecule has 0 aromatic rings. The van der Waals surface area contributed by atoms with Crippen LogP contribution in [0, 0.1) is 10.8 Å². The number of hydrogen-bond donors (Lipinski definition) is 1. The molecule has 2 heteroatoms. The SMILES string of the molecule is COC(C)C1(C)CC(N)CC(C)(C)C1. The van der Waals surface area contributed by atoms with E-state index in [0.29, 0.717) is 17.6 Å². The van der Waals surface area contributed by atoms with Crippen LogP contribution in [0.15, 0.2) is 0 Å². The van der Waals surface area contributed by atoms with Gasteiger partial charge in [0.2, 0.25) is 0 Å². The third-order valence-corrected chi connectivity index (χ3v) is 3.76. The molecule has 1 saturated carbocycles. The summed E-state index contributed by atoms with van der Waals surface area (Å²) in [6, 6.07) is 0.335. The molecule has 0 aliphatic heterocycles. The Morgan fingerprint density at radius 3 is 2.29 bits per heavy atom. The van der Waals surface area contributed by atoms with Gasteiger partial charge in [-0.3, -0.25) is 0 Å². The molecule has 1 fully saturated rings. The highest BCUT2D eigenvalue weighted by atomic mass is 16.5. The lowest BCUT2D eigenvalue weighted by Gasteiger charge is -2.48. The molecule has 1 aliphatic rings. The zero-order valence-corrected chi connectivity index (χ0v) is 10.3. The zero-order chi connectivity index (χ0) is 11.0.